The van der Waals surface area contributed by atoms with Gasteiger partial charge in [-0.15, -0.1) is 0 Å². The van der Waals surface area contributed by atoms with E-state index in [0.717, 1.165) is 37.7 Å². The predicted molar refractivity (Wildman–Crippen MR) is 316 cm³/mol. The zero-order chi connectivity index (χ0) is 53.0. The molecule has 6 aromatic carbocycles. The highest BCUT2D eigenvalue weighted by molar-refractivity contribution is 5.48. The van der Waals surface area contributed by atoms with Crippen molar-refractivity contribution >= 4 is 6.08 Å². The van der Waals surface area contributed by atoms with Crippen LogP contribution in [0.4, 0.5) is 0 Å². The van der Waals surface area contributed by atoms with Crippen LogP contribution in [0.1, 0.15) is 212 Å². The summed E-state index contributed by atoms with van der Waals surface area (Å²) in [5.41, 5.74) is 14.8. The van der Waals surface area contributed by atoms with Gasteiger partial charge in [-0.1, -0.05) is 200 Å². The maximum Gasteiger partial charge on any atom is 0.125 e. The summed E-state index contributed by atoms with van der Waals surface area (Å²) in [4.78, 5) is 0. The predicted octanol–water partition coefficient (Wildman–Crippen LogP) is 19.9. The standard InChI is InChI=1S/C72H90/c1-20-52-23-35-61(36-24-52)71(16,17)49-65(56-29-43-62(44-30-56)70(14,15)48-51(4)54-27-39-59(40-28-54)68(8,9)10)64(47-22-50(3)53-25-37-58(38-26-53)67(5,6)7)55-31-45-63(46-32-55)72(18,19)66(21-2)57-33-41-60(42-34-57)69(11,12)13/h20,23-46,50-51,64-66H,1-5,8,11,21-22,47-49H2,6-7,9-10,12-19H3/q+6. The van der Waals surface area contributed by atoms with Gasteiger partial charge in [0.1, 0.15) is 28.1 Å². The van der Waals surface area contributed by atoms with E-state index in [9.17, 15) is 0 Å². The summed E-state index contributed by atoms with van der Waals surface area (Å²) in [6.45, 7) is 58.6. The Morgan fingerprint density at radius 2 is 0.722 bits per heavy atom. The second-order valence-corrected chi connectivity index (χ2v) is 25.5. The lowest BCUT2D eigenvalue weighted by molar-refractivity contribution is 0.365. The van der Waals surface area contributed by atoms with Crippen LogP contribution in [0.3, 0.4) is 0 Å². The normalized spacial score (nSPS) is 15.1. The maximum absolute atomic E-state index is 4.82. The zero-order valence-corrected chi connectivity index (χ0v) is 46.8. The van der Waals surface area contributed by atoms with E-state index in [1.165, 1.54) is 61.2 Å². The van der Waals surface area contributed by atoms with Gasteiger partial charge in [0.05, 0.1) is 48.0 Å². The van der Waals surface area contributed by atoms with Gasteiger partial charge in [0.2, 0.25) is 0 Å². The summed E-state index contributed by atoms with van der Waals surface area (Å²) in [7, 11) is 0. The Morgan fingerprint density at radius 3 is 1.12 bits per heavy atom. The molecule has 0 aromatic heterocycles. The van der Waals surface area contributed by atoms with Crippen molar-refractivity contribution in [2.75, 3.05) is 0 Å². The van der Waals surface area contributed by atoms with Crippen molar-refractivity contribution in [2.24, 2.45) is 0 Å². The van der Waals surface area contributed by atoms with Crippen LogP contribution >= 0.6 is 0 Å². The molecule has 0 aliphatic rings. The first kappa shape index (κ1) is 55.6. The van der Waals surface area contributed by atoms with E-state index >= 15 is 0 Å². The molecule has 72 heavy (non-hydrogen) atoms. The Morgan fingerprint density at radius 1 is 0.389 bits per heavy atom. The SMILES string of the molecule is C=Cc1ccc(C(C)(C)CC(c2ccc(C(C)(C)CC([CH2+])c3ccc(C([CH2+])(C)C)cc3)cc2)C(CCC([CH2+])c2ccc(C([CH2+])(C)C)cc2)c2ccc(C(C)(C)C(C[CH2+])c3ccc(C([CH2+])(C)C)cc3)cc2)cc1. The largest absolute Gasteiger partial charge is 0.125 e. The molecule has 6 rings (SSSR count). The van der Waals surface area contributed by atoms with E-state index in [2.05, 4.69) is 263 Å². The van der Waals surface area contributed by atoms with E-state index in [1.807, 2.05) is 6.08 Å². The van der Waals surface area contributed by atoms with Crippen LogP contribution in [-0.2, 0) is 32.5 Å². The van der Waals surface area contributed by atoms with Crippen LogP contribution in [0.2, 0.25) is 0 Å². The first-order valence-corrected chi connectivity index (χ1v) is 26.8. The molecule has 0 aliphatic carbocycles. The van der Waals surface area contributed by atoms with Gasteiger partial charge in [0.25, 0.3) is 0 Å². The molecule has 0 nitrogen and oxygen atoms in total. The van der Waals surface area contributed by atoms with Crippen LogP contribution in [0.5, 0.6) is 0 Å². The minimum absolute atomic E-state index is 0.0870. The fraction of sp³-hybridized carbons (Fsp3) is 0.389. The third-order valence-electron chi connectivity index (χ3n) is 16.5. The molecular formula is C72H90+6. The molecule has 372 valence electrons. The third kappa shape index (κ3) is 13.3. The lowest BCUT2D eigenvalue weighted by Crippen LogP contribution is -2.27. The molecule has 0 amide bonds. The van der Waals surface area contributed by atoms with E-state index in [4.69, 9.17) is 13.8 Å². The van der Waals surface area contributed by atoms with E-state index in [0.29, 0.717) is 0 Å². The molecular weight excluding hydrogens is 865 g/mol. The monoisotopic (exact) mass is 955 g/mol. The van der Waals surface area contributed by atoms with Crippen LogP contribution < -0.4 is 0 Å². The summed E-state index contributed by atoms with van der Waals surface area (Å²) >= 11 is 0. The molecule has 0 spiro atoms. The summed E-state index contributed by atoms with van der Waals surface area (Å²) in [6.07, 6.45) is 6.60. The summed E-state index contributed by atoms with van der Waals surface area (Å²) in [5.74, 6) is 1.00. The van der Waals surface area contributed by atoms with Crippen molar-refractivity contribution in [1.82, 2.24) is 0 Å². The molecule has 0 fully saturated rings. The van der Waals surface area contributed by atoms with Gasteiger partial charge in [0.15, 0.2) is 0 Å². The molecule has 0 saturated carbocycles. The Balaban J connectivity index is 1.40. The lowest BCUT2D eigenvalue weighted by Gasteiger charge is -2.37. The Bertz CT molecular complexity index is 2620. The molecule has 0 radical (unpaired) electrons. The molecule has 0 N–H and O–H groups in total. The third-order valence-corrected chi connectivity index (χ3v) is 16.5. The van der Waals surface area contributed by atoms with E-state index in [1.54, 1.807) is 0 Å². The average Bonchev–Trinajstić information content (AvgIpc) is 3.33. The van der Waals surface area contributed by atoms with Crippen molar-refractivity contribution in [2.45, 2.75) is 177 Å². The number of hydrogen-bond donors (Lipinski definition) is 0. The average molecular weight is 956 g/mol. The number of benzene rings is 6. The first-order valence-electron chi connectivity index (χ1n) is 26.8. The summed E-state index contributed by atoms with van der Waals surface area (Å²) < 4.78 is 0. The smallest absolute Gasteiger partial charge is 0.0985 e. The number of rotatable bonds is 22. The maximum atomic E-state index is 4.82. The second kappa shape index (κ2) is 21.8. The van der Waals surface area contributed by atoms with E-state index in [-0.39, 0.29) is 62.1 Å². The van der Waals surface area contributed by atoms with Crippen molar-refractivity contribution in [3.8, 4) is 0 Å². The Hall–Kier alpha value is -5.72. The molecule has 5 unspecified atom stereocenters. The molecule has 0 aliphatic heterocycles. The second-order valence-electron chi connectivity index (χ2n) is 25.5. The Labute approximate surface area is 441 Å². The first-order chi connectivity index (χ1) is 33.5. The van der Waals surface area contributed by atoms with Crippen molar-refractivity contribution in [1.29, 1.82) is 0 Å². The molecule has 0 saturated heterocycles. The fourth-order valence-electron chi connectivity index (χ4n) is 11.3. The van der Waals surface area contributed by atoms with Crippen molar-refractivity contribution < 1.29 is 0 Å². The van der Waals surface area contributed by atoms with Crippen molar-refractivity contribution in [3.63, 3.8) is 0 Å². The van der Waals surface area contributed by atoms with Gasteiger partial charge in [-0.25, -0.2) is 0 Å². The molecule has 0 heteroatoms. The van der Waals surface area contributed by atoms with Gasteiger partial charge in [-0.05, 0) is 134 Å². The highest BCUT2D eigenvalue weighted by Crippen LogP contribution is 2.48. The minimum Gasteiger partial charge on any atom is -0.0985 e. The van der Waals surface area contributed by atoms with Gasteiger partial charge in [0, 0.05) is 34.4 Å². The van der Waals surface area contributed by atoms with Gasteiger partial charge >= 0.3 is 0 Å². The minimum atomic E-state index is -0.147. The molecule has 5 atom stereocenters. The summed E-state index contributed by atoms with van der Waals surface area (Å²) in [6, 6.07) is 55.6. The van der Waals surface area contributed by atoms with Gasteiger partial charge in [-0.2, -0.15) is 0 Å². The quantitative estimate of drug-likeness (QED) is 0.0595. The highest BCUT2D eigenvalue weighted by Gasteiger charge is 2.37. The Kier molecular flexibility index (Phi) is 16.8. The molecule has 0 heterocycles. The topological polar surface area (TPSA) is 0 Å². The van der Waals surface area contributed by atoms with E-state index < -0.39 is 0 Å². The van der Waals surface area contributed by atoms with Crippen LogP contribution in [0.25, 0.3) is 6.08 Å². The molecule has 6 aromatic rings. The van der Waals surface area contributed by atoms with Gasteiger partial charge in [-0.3, -0.25) is 0 Å². The molecule has 0 bridgehead atoms. The van der Waals surface area contributed by atoms with Crippen LogP contribution in [-0.4, -0.2) is 0 Å². The number of hydrogen-bond acceptors (Lipinski definition) is 0. The van der Waals surface area contributed by atoms with Gasteiger partial charge < -0.3 is 0 Å². The highest BCUT2D eigenvalue weighted by atomic mass is 14.4. The lowest BCUT2D eigenvalue weighted by atomic mass is 9.66. The van der Waals surface area contributed by atoms with Crippen molar-refractivity contribution in [3.05, 3.63) is 260 Å². The zero-order valence-electron chi connectivity index (χ0n) is 46.8. The van der Waals surface area contributed by atoms with Crippen LogP contribution in [0.15, 0.2) is 152 Å². The summed E-state index contributed by atoms with van der Waals surface area (Å²) in [5, 5.41) is 0. The fourth-order valence-corrected chi connectivity index (χ4v) is 11.3. The van der Waals surface area contributed by atoms with Crippen LogP contribution in [0, 0.1) is 41.5 Å².